The fraction of sp³-hybridized carbons (Fsp3) is 0.600. The van der Waals surface area contributed by atoms with Gasteiger partial charge in [-0.25, -0.2) is 12.7 Å². The Morgan fingerprint density at radius 1 is 1.19 bits per heavy atom. The summed E-state index contributed by atoms with van der Waals surface area (Å²) in [6, 6.07) is 7.06. The van der Waals surface area contributed by atoms with Crippen LogP contribution in [0.25, 0.3) is 0 Å². The highest BCUT2D eigenvalue weighted by molar-refractivity contribution is 7.89. The topological polar surface area (TPSA) is 75.4 Å². The summed E-state index contributed by atoms with van der Waals surface area (Å²) in [5, 5.41) is 3.44. The molecule has 0 spiro atoms. The molecule has 0 radical (unpaired) electrons. The van der Waals surface area contributed by atoms with Crippen LogP contribution in [0.2, 0.25) is 0 Å². The third-order valence-electron chi connectivity index (χ3n) is 4.25. The molecule has 0 atom stereocenters. The molecule has 0 aliphatic heterocycles. The molecule has 1 aliphatic carbocycles. The number of rotatable bonds is 5. The minimum atomic E-state index is -3.46. The first-order valence-corrected chi connectivity index (χ1v) is 8.85. The third-order valence-corrected chi connectivity index (χ3v) is 6.12. The van der Waals surface area contributed by atoms with Crippen molar-refractivity contribution in [2.24, 2.45) is 5.73 Å². The number of nitrogens with one attached hydrogen (secondary N) is 1. The van der Waals surface area contributed by atoms with Gasteiger partial charge in [-0.05, 0) is 25.0 Å². The molecule has 0 aromatic heterocycles. The maximum Gasteiger partial charge on any atom is 0.244 e. The predicted molar refractivity (Wildman–Crippen MR) is 85.8 cm³/mol. The lowest BCUT2D eigenvalue weighted by molar-refractivity contribution is 0.330. The van der Waals surface area contributed by atoms with Gasteiger partial charge in [0.15, 0.2) is 0 Å². The normalized spacial score (nSPS) is 18.7. The number of hydrogen-bond acceptors (Lipinski definition) is 4. The van der Waals surface area contributed by atoms with Gasteiger partial charge in [0.1, 0.15) is 4.90 Å². The molecular formula is C15H25N3O2S. The zero-order valence-corrected chi connectivity index (χ0v) is 13.6. The van der Waals surface area contributed by atoms with Crippen molar-refractivity contribution in [3.63, 3.8) is 0 Å². The number of sulfonamides is 1. The summed E-state index contributed by atoms with van der Waals surface area (Å²) >= 11 is 0. The first kappa shape index (κ1) is 16.3. The molecule has 0 bridgehead atoms. The molecule has 0 heterocycles. The van der Waals surface area contributed by atoms with Crippen molar-refractivity contribution >= 4 is 15.7 Å². The first-order chi connectivity index (χ1) is 9.91. The van der Waals surface area contributed by atoms with Gasteiger partial charge in [-0.3, -0.25) is 0 Å². The van der Waals surface area contributed by atoms with E-state index in [4.69, 9.17) is 5.73 Å². The minimum absolute atomic E-state index is 0.184. The summed E-state index contributed by atoms with van der Waals surface area (Å²) in [5.74, 6) is 0. The maximum absolute atomic E-state index is 12.4. The Hall–Kier alpha value is -1.11. The van der Waals surface area contributed by atoms with E-state index in [2.05, 4.69) is 5.32 Å². The van der Waals surface area contributed by atoms with E-state index in [9.17, 15) is 8.42 Å². The molecule has 0 amide bonds. The Bertz CT molecular complexity index is 578. The van der Waals surface area contributed by atoms with Crippen LogP contribution in [0.5, 0.6) is 0 Å². The molecule has 1 aromatic rings. The van der Waals surface area contributed by atoms with E-state index < -0.39 is 10.0 Å². The monoisotopic (exact) mass is 311 g/mol. The molecular weight excluding hydrogens is 286 g/mol. The molecule has 3 N–H and O–H groups in total. The van der Waals surface area contributed by atoms with E-state index in [1.165, 1.54) is 10.7 Å². The van der Waals surface area contributed by atoms with Crippen molar-refractivity contribution in [3.8, 4) is 0 Å². The number of hydrogen-bond donors (Lipinski definition) is 2. The van der Waals surface area contributed by atoms with Crippen LogP contribution in [0, 0.1) is 0 Å². The zero-order valence-electron chi connectivity index (χ0n) is 12.8. The average molecular weight is 311 g/mol. The SMILES string of the molecule is CN(C)S(=O)(=O)c1ccccc1NC1(CN)CCCCC1. The van der Waals surface area contributed by atoms with Crippen LogP contribution in [0.15, 0.2) is 29.2 Å². The summed E-state index contributed by atoms with van der Waals surface area (Å²) in [6.07, 6.45) is 5.46. The van der Waals surface area contributed by atoms with Gasteiger partial charge in [-0.15, -0.1) is 0 Å². The highest BCUT2D eigenvalue weighted by Gasteiger charge is 2.32. The highest BCUT2D eigenvalue weighted by Crippen LogP contribution is 2.33. The van der Waals surface area contributed by atoms with Crippen molar-refractivity contribution in [3.05, 3.63) is 24.3 Å². The van der Waals surface area contributed by atoms with Gasteiger partial charge in [0, 0.05) is 26.2 Å². The Balaban J connectivity index is 2.37. The predicted octanol–water partition coefficient (Wildman–Crippen LogP) is 2.01. The van der Waals surface area contributed by atoms with Gasteiger partial charge in [0.25, 0.3) is 0 Å². The lowest BCUT2D eigenvalue weighted by Gasteiger charge is -2.38. The van der Waals surface area contributed by atoms with Gasteiger partial charge >= 0.3 is 0 Å². The van der Waals surface area contributed by atoms with Crippen molar-refractivity contribution < 1.29 is 8.42 Å². The lowest BCUT2D eigenvalue weighted by atomic mass is 9.81. The minimum Gasteiger partial charge on any atom is -0.377 e. The largest absolute Gasteiger partial charge is 0.377 e. The molecule has 118 valence electrons. The van der Waals surface area contributed by atoms with E-state index in [-0.39, 0.29) is 5.54 Å². The summed E-state index contributed by atoms with van der Waals surface area (Å²) in [6.45, 7) is 0.517. The van der Waals surface area contributed by atoms with Gasteiger partial charge in [-0.2, -0.15) is 0 Å². The molecule has 0 unspecified atom stereocenters. The molecule has 1 aromatic carbocycles. The highest BCUT2D eigenvalue weighted by atomic mass is 32.2. The number of para-hydroxylation sites is 1. The van der Waals surface area contributed by atoms with Crippen LogP contribution in [0.3, 0.4) is 0 Å². The van der Waals surface area contributed by atoms with Gasteiger partial charge in [0.2, 0.25) is 10.0 Å². The molecule has 2 rings (SSSR count). The standard InChI is InChI=1S/C15H25N3O2S/c1-18(2)21(19,20)14-9-5-4-8-13(14)17-15(12-16)10-6-3-7-11-15/h4-5,8-9,17H,3,6-7,10-12,16H2,1-2H3. The second-order valence-electron chi connectivity index (χ2n) is 5.95. The molecule has 21 heavy (non-hydrogen) atoms. The van der Waals surface area contributed by atoms with Crippen LogP contribution in [-0.4, -0.2) is 38.9 Å². The summed E-state index contributed by atoms with van der Waals surface area (Å²) in [5.41, 5.74) is 6.45. The lowest BCUT2D eigenvalue weighted by Crippen LogP contribution is -2.47. The number of anilines is 1. The fourth-order valence-electron chi connectivity index (χ4n) is 2.89. The third kappa shape index (κ3) is 3.39. The van der Waals surface area contributed by atoms with E-state index in [1.807, 2.05) is 12.1 Å². The first-order valence-electron chi connectivity index (χ1n) is 7.41. The van der Waals surface area contributed by atoms with Gasteiger partial charge in [-0.1, -0.05) is 31.4 Å². The molecule has 5 nitrogen and oxygen atoms in total. The number of nitrogens with two attached hydrogens (primary N) is 1. The Morgan fingerprint density at radius 2 is 1.81 bits per heavy atom. The summed E-state index contributed by atoms with van der Waals surface area (Å²) in [4.78, 5) is 0.313. The smallest absolute Gasteiger partial charge is 0.244 e. The number of nitrogens with zero attached hydrogens (tertiary/aromatic N) is 1. The van der Waals surface area contributed by atoms with Crippen molar-refractivity contribution in [1.82, 2.24) is 4.31 Å². The van der Waals surface area contributed by atoms with E-state index in [0.29, 0.717) is 17.1 Å². The van der Waals surface area contributed by atoms with Crippen LogP contribution in [-0.2, 0) is 10.0 Å². The second-order valence-corrected chi connectivity index (χ2v) is 8.07. The molecule has 6 heteroatoms. The van der Waals surface area contributed by atoms with Crippen LogP contribution >= 0.6 is 0 Å². The quantitative estimate of drug-likeness (QED) is 0.872. The van der Waals surface area contributed by atoms with E-state index >= 15 is 0 Å². The summed E-state index contributed by atoms with van der Waals surface area (Å²) < 4.78 is 26.1. The molecule has 0 saturated heterocycles. The Morgan fingerprint density at radius 3 is 2.38 bits per heavy atom. The van der Waals surface area contributed by atoms with Crippen molar-refractivity contribution in [2.75, 3.05) is 26.0 Å². The fourth-order valence-corrected chi connectivity index (χ4v) is 3.93. The van der Waals surface area contributed by atoms with E-state index in [0.717, 1.165) is 25.7 Å². The number of benzene rings is 1. The zero-order chi connectivity index (χ0) is 15.5. The van der Waals surface area contributed by atoms with Crippen LogP contribution in [0.4, 0.5) is 5.69 Å². The molecule has 1 aliphatic rings. The van der Waals surface area contributed by atoms with E-state index in [1.54, 1.807) is 26.2 Å². The maximum atomic E-state index is 12.4. The molecule has 1 fully saturated rings. The Kier molecular flexibility index (Phi) is 4.91. The second kappa shape index (κ2) is 6.34. The van der Waals surface area contributed by atoms with Crippen LogP contribution < -0.4 is 11.1 Å². The molecule has 1 saturated carbocycles. The van der Waals surface area contributed by atoms with Crippen molar-refractivity contribution in [2.45, 2.75) is 42.5 Å². The Labute approximate surface area is 127 Å². The van der Waals surface area contributed by atoms with Gasteiger partial charge < -0.3 is 11.1 Å². The van der Waals surface area contributed by atoms with Crippen molar-refractivity contribution in [1.29, 1.82) is 0 Å². The van der Waals surface area contributed by atoms with Crippen LogP contribution in [0.1, 0.15) is 32.1 Å². The van der Waals surface area contributed by atoms with Gasteiger partial charge in [0.05, 0.1) is 5.69 Å². The summed E-state index contributed by atoms with van der Waals surface area (Å²) in [7, 11) is -0.369. The average Bonchev–Trinajstić information content (AvgIpc) is 2.48.